The smallest absolute Gasteiger partial charge is 0.193 e. The first-order valence-electron chi connectivity index (χ1n) is 5.93. The summed E-state index contributed by atoms with van der Waals surface area (Å²) in [6.07, 6.45) is 2.90. The van der Waals surface area contributed by atoms with Gasteiger partial charge in [-0.1, -0.05) is 6.08 Å². The van der Waals surface area contributed by atoms with Crippen molar-refractivity contribution in [2.24, 2.45) is 10.7 Å². The van der Waals surface area contributed by atoms with E-state index in [0.29, 0.717) is 13.2 Å². The van der Waals surface area contributed by atoms with Gasteiger partial charge in [0.15, 0.2) is 5.96 Å². The Morgan fingerprint density at radius 1 is 1.42 bits per heavy atom. The molecule has 2 rings (SSSR count). The van der Waals surface area contributed by atoms with Crippen LogP contribution in [0.1, 0.15) is 6.42 Å². The van der Waals surface area contributed by atoms with Crippen molar-refractivity contribution in [2.75, 3.05) is 25.1 Å². The minimum absolute atomic E-state index is 0.0323. The fourth-order valence-corrected chi connectivity index (χ4v) is 1.68. The van der Waals surface area contributed by atoms with Gasteiger partial charge in [-0.3, -0.25) is 0 Å². The second kappa shape index (κ2) is 6.29. The molecule has 1 aliphatic rings. The standard InChI is InChI=1S/C13H15F2N3O/c14-10-3-4-11(15)12(6-10)18-13(16)17-7-9-2-1-5-19-8-9/h2-4,6H,1,5,7-8H2,(H3,16,17,18). The summed E-state index contributed by atoms with van der Waals surface area (Å²) in [6, 6.07) is 3.10. The van der Waals surface area contributed by atoms with Crippen molar-refractivity contribution < 1.29 is 13.5 Å². The molecular formula is C13H15F2N3O. The molecule has 0 aliphatic carbocycles. The Morgan fingerprint density at radius 2 is 2.26 bits per heavy atom. The van der Waals surface area contributed by atoms with E-state index >= 15 is 0 Å². The molecule has 0 atom stereocenters. The van der Waals surface area contributed by atoms with E-state index < -0.39 is 11.6 Å². The fraction of sp³-hybridized carbons (Fsp3) is 0.308. The number of nitrogens with one attached hydrogen (secondary N) is 1. The van der Waals surface area contributed by atoms with E-state index in [1.54, 1.807) is 0 Å². The highest BCUT2D eigenvalue weighted by Gasteiger charge is 2.06. The Labute approximate surface area is 110 Å². The lowest BCUT2D eigenvalue weighted by Gasteiger charge is -2.12. The maximum absolute atomic E-state index is 13.4. The van der Waals surface area contributed by atoms with Crippen LogP contribution in [-0.4, -0.2) is 25.7 Å². The monoisotopic (exact) mass is 267 g/mol. The summed E-state index contributed by atoms with van der Waals surface area (Å²) in [5.74, 6) is -1.09. The van der Waals surface area contributed by atoms with Crippen LogP contribution >= 0.6 is 0 Å². The molecule has 0 spiro atoms. The SMILES string of the molecule is NC(=NCC1=CCCOC1)Nc1cc(F)ccc1F. The van der Waals surface area contributed by atoms with E-state index in [-0.39, 0.29) is 11.6 Å². The van der Waals surface area contributed by atoms with Crippen LogP contribution < -0.4 is 11.1 Å². The topological polar surface area (TPSA) is 59.6 Å². The third kappa shape index (κ3) is 4.03. The van der Waals surface area contributed by atoms with Gasteiger partial charge in [0.25, 0.3) is 0 Å². The molecule has 0 saturated heterocycles. The summed E-state index contributed by atoms with van der Waals surface area (Å²) < 4.78 is 31.6. The van der Waals surface area contributed by atoms with Crippen LogP contribution in [0.25, 0.3) is 0 Å². The number of rotatable bonds is 3. The predicted molar refractivity (Wildman–Crippen MR) is 70.0 cm³/mol. The average Bonchev–Trinajstić information content (AvgIpc) is 2.42. The minimum Gasteiger partial charge on any atom is -0.377 e. The quantitative estimate of drug-likeness (QED) is 0.500. The molecule has 6 heteroatoms. The molecule has 1 aromatic rings. The Bertz CT molecular complexity index is 515. The van der Waals surface area contributed by atoms with Crippen LogP contribution in [0.3, 0.4) is 0 Å². The number of aliphatic imine (C=N–C) groups is 1. The first-order valence-corrected chi connectivity index (χ1v) is 5.93. The number of nitrogens with two attached hydrogens (primary N) is 1. The molecule has 0 bridgehead atoms. The van der Waals surface area contributed by atoms with Gasteiger partial charge >= 0.3 is 0 Å². The highest BCUT2D eigenvalue weighted by Crippen LogP contribution is 2.14. The van der Waals surface area contributed by atoms with Crippen LogP contribution in [0.15, 0.2) is 34.8 Å². The van der Waals surface area contributed by atoms with Gasteiger partial charge in [0.2, 0.25) is 0 Å². The van der Waals surface area contributed by atoms with Gasteiger partial charge in [0.1, 0.15) is 11.6 Å². The Morgan fingerprint density at radius 3 is 3.00 bits per heavy atom. The molecule has 0 aromatic heterocycles. The van der Waals surface area contributed by atoms with Crippen molar-refractivity contribution in [1.29, 1.82) is 0 Å². The number of hydrogen-bond acceptors (Lipinski definition) is 2. The van der Waals surface area contributed by atoms with Gasteiger partial charge in [0, 0.05) is 6.07 Å². The number of anilines is 1. The zero-order valence-electron chi connectivity index (χ0n) is 10.3. The van der Waals surface area contributed by atoms with E-state index in [1.165, 1.54) is 0 Å². The summed E-state index contributed by atoms with van der Waals surface area (Å²) in [4.78, 5) is 4.06. The molecule has 1 heterocycles. The zero-order valence-corrected chi connectivity index (χ0v) is 10.3. The summed E-state index contributed by atoms with van der Waals surface area (Å²) in [5, 5.41) is 2.54. The molecule has 0 fully saturated rings. The van der Waals surface area contributed by atoms with Gasteiger partial charge in [-0.2, -0.15) is 0 Å². The van der Waals surface area contributed by atoms with E-state index in [4.69, 9.17) is 10.5 Å². The van der Waals surface area contributed by atoms with Gasteiger partial charge in [-0.15, -0.1) is 0 Å². The minimum atomic E-state index is -0.584. The maximum atomic E-state index is 13.4. The summed E-state index contributed by atoms with van der Waals surface area (Å²) in [5.41, 5.74) is 6.62. The summed E-state index contributed by atoms with van der Waals surface area (Å²) in [7, 11) is 0. The Balaban J connectivity index is 1.97. The Kier molecular flexibility index (Phi) is 4.46. The summed E-state index contributed by atoms with van der Waals surface area (Å²) >= 11 is 0. The van der Waals surface area contributed by atoms with Crippen molar-refractivity contribution in [3.63, 3.8) is 0 Å². The normalized spacial score (nSPS) is 16.1. The highest BCUT2D eigenvalue weighted by molar-refractivity contribution is 5.92. The van der Waals surface area contributed by atoms with Crippen LogP contribution in [0.4, 0.5) is 14.5 Å². The average molecular weight is 267 g/mol. The van der Waals surface area contributed by atoms with Crippen molar-refractivity contribution in [3.8, 4) is 0 Å². The number of guanidine groups is 1. The number of ether oxygens (including phenoxy) is 1. The molecule has 1 aromatic carbocycles. The van der Waals surface area contributed by atoms with Gasteiger partial charge in [-0.05, 0) is 24.1 Å². The van der Waals surface area contributed by atoms with Crippen molar-refractivity contribution in [3.05, 3.63) is 41.5 Å². The molecule has 102 valence electrons. The van der Waals surface area contributed by atoms with Crippen LogP contribution in [-0.2, 0) is 4.74 Å². The lowest BCUT2D eigenvalue weighted by atomic mass is 10.2. The van der Waals surface area contributed by atoms with Crippen LogP contribution in [0.2, 0.25) is 0 Å². The predicted octanol–water partition coefficient (Wildman–Crippen LogP) is 2.04. The number of benzene rings is 1. The third-order valence-corrected chi connectivity index (χ3v) is 2.63. The molecule has 0 unspecified atom stereocenters. The number of halogens is 2. The van der Waals surface area contributed by atoms with Crippen molar-refractivity contribution >= 4 is 11.6 Å². The maximum Gasteiger partial charge on any atom is 0.193 e. The van der Waals surface area contributed by atoms with E-state index in [9.17, 15) is 8.78 Å². The second-order valence-corrected chi connectivity index (χ2v) is 4.15. The van der Waals surface area contributed by atoms with E-state index in [2.05, 4.69) is 10.3 Å². The lowest BCUT2D eigenvalue weighted by molar-refractivity contribution is 0.150. The molecule has 19 heavy (non-hydrogen) atoms. The first kappa shape index (κ1) is 13.5. The molecular weight excluding hydrogens is 252 g/mol. The molecule has 4 nitrogen and oxygen atoms in total. The van der Waals surface area contributed by atoms with Gasteiger partial charge in [-0.25, -0.2) is 13.8 Å². The van der Waals surface area contributed by atoms with E-state index in [0.717, 1.165) is 36.8 Å². The molecule has 1 aliphatic heterocycles. The van der Waals surface area contributed by atoms with Gasteiger partial charge in [0.05, 0.1) is 25.4 Å². The molecule has 0 saturated carbocycles. The Hall–Kier alpha value is -1.95. The van der Waals surface area contributed by atoms with E-state index in [1.807, 2.05) is 6.08 Å². The molecule has 0 amide bonds. The third-order valence-electron chi connectivity index (χ3n) is 2.63. The first-order chi connectivity index (χ1) is 9.15. The molecule has 3 N–H and O–H groups in total. The second-order valence-electron chi connectivity index (χ2n) is 4.15. The highest BCUT2D eigenvalue weighted by atomic mass is 19.1. The van der Waals surface area contributed by atoms with Crippen LogP contribution in [0.5, 0.6) is 0 Å². The summed E-state index contributed by atoms with van der Waals surface area (Å²) in [6.45, 7) is 1.64. The van der Waals surface area contributed by atoms with Crippen molar-refractivity contribution in [2.45, 2.75) is 6.42 Å². The lowest BCUT2D eigenvalue weighted by Crippen LogP contribution is -2.24. The largest absolute Gasteiger partial charge is 0.377 e. The number of hydrogen-bond donors (Lipinski definition) is 2. The van der Waals surface area contributed by atoms with Crippen LogP contribution in [0, 0.1) is 11.6 Å². The van der Waals surface area contributed by atoms with Crippen molar-refractivity contribution in [1.82, 2.24) is 0 Å². The zero-order chi connectivity index (χ0) is 13.7. The fourth-order valence-electron chi connectivity index (χ4n) is 1.68. The number of nitrogens with zero attached hydrogens (tertiary/aromatic N) is 1. The van der Waals surface area contributed by atoms with Gasteiger partial charge < -0.3 is 15.8 Å². The molecule has 0 radical (unpaired) electrons.